The third-order valence-corrected chi connectivity index (χ3v) is 6.03. The molecule has 2 amide bonds. The Kier molecular flexibility index (Phi) is 7.29. The standard InChI is InChI=1S/C27H27F2N3O3/c1-31(17-18-5-8-23(9-6-18)32-11-3-2-4-12-32)27(35)24-10-7-22(16-25(24)33)30-26(34)19-13-20(28)15-21(29)14-19/h5-10,13-16,33H,2-4,11-12,17H2,1H3,(H,30,34). The van der Waals surface area contributed by atoms with Gasteiger partial charge in [0.25, 0.3) is 11.8 Å². The normalized spacial score (nSPS) is 13.4. The van der Waals surface area contributed by atoms with Gasteiger partial charge < -0.3 is 20.2 Å². The Morgan fingerprint density at radius 3 is 2.23 bits per heavy atom. The summed E-state index contributed by atoms with van der Waals surface area (Å²) in [4.78, 5) is 29.0. The minimum Gasteiger partial charge on any atom is -0.507 e. The van der Waals surface area contributed by atoms with Crippen LogP contribution in [-0.4, -0.2) is 42.0 Å². The summed E-state index contributed by atoms with van der Waals surface area (Å²) in [7, 11) is 1.65. The summed E-state index contributed by atoms with van der Waals surface area (Å²) in [5.74, 6) is -3.18. The summed E-state index contributed by atoms with van der Waals surface area (Å²) < 4.78 is 26.7. The number of nitrogens with one attached hydrogen (secondary N) is 1. The quantitative estimate of drug-likeness (QED) is 0.511. The van der Waals surface area contributed by atoms with Crippen LogP contribution in [0.25, 0.3) is 0 Å². The lowest BCUT2D eigenvalue weighted by atomic mass is 10.1. The molecule has 35 heavy (non-hydrogen) atoms. The summed E-state index contributed by atoms with van der Waals surface area (Å²) >= 11 is 0. The molecule has 6 nitrogen and oxygen atoms in total. The molecule has 1 fully saturated rings. The maximum atomic E-state index is 13.4. The van der Waals surface area contributed by atoms with Gasteiger partial charge in [0.2, 0.25) is 0 Å². The number of phenolic OH excluding ortho intramolecular Hbond substituents is 1. The number of carbonyl (C=O) groups is 2. The molecule has 0 unspecified atom stereocenters. The number of nitrogens with zero attached hydrogens (tertiary/aromatic N) is 2. The lowest BCUT2D eigenvalue weighted by Crippen LogP contribution is -2.29. The van der Waals surface area contributed by atoms with Crippen LogP contribution in [0.2, 0.25) is 0 Å². The first-order valence-electron chi connectivity index (χ1n) is 11.5. The smallest absolute Gasteiger partial charge is 0.257 e. The Morgan fingerprint density at radius 2 is 1.60 bits per heavy atom. The fourth-order valence-electron chi connectivity index (χ4n) is 4.19. The molecule has 0 atom stereocenters. The molecule has 0 saturated carbocycles. The molecule has 0 aliphatic carbocycles. The number of aromatic hydroxyl groups is 1. The highest BCUT2D eigenvalue weighted by Gasteiger charge is 2.18. The first-order valence-corrected chi connectivity index (χ1v) is 11.5. The molecule has 0 aromatic heterocycles. The third kappa shape index (κ3) is 5.95. The Bertz CT molecular complexity index is 1200. The van der Waals surface area contributed by atoms with E-state index < -0.39 is 17.5 Å². The van der Waals surface area contributed by atoms with Crippen molar-refractivity contribution >= 4 is 23.2 Å². The predicted molar refractivity (Wildman–Crippen MR) is 131 cm³/mol. The number of phenols is 1. The van der Waals surface area contributed by atoms with Crippen LogP contribution in [0.3, 0.4) is 0 Å². The second-order valence-corrected chi connectivity index (χ2v) is 8.72. The Hall–Kier alpha value is -3.94. The van der Waals surface area contributed by atoms with E-state index in [0.717, 1.165) is 30.8 Å². The second kappa shape index (κ2) is 10.5. The van der Waals surface area contributed by atoms with E-state index in [2.05, 4.69) is 22.3 Å². The second-order valence-electron chi connectivity index (χ2n) is 8.72. The maximum absolute atomic E-state index is 13.4. The minimum absolute atomic E-state index is 0.0761. The van der Waals surface area contributed by atoms with Gasteiger partial charge in [-0.2, -0.15) is 0 Å². The number of anilines is 2. The summed E-state index contributed by atoms with van der Waals surface area (Å²) in [6.45, 7) is 2.49. The van der Waals surface area contributed by atoms with E-state index in [1.54, 1.807) is 7.05 Å². The topological polar surface area (TPSA) is 72.9 Å². The van der Waals surface area contributed by atoms with Gasteiger partial charge in [-0.1, -0.05) is 12.1 Å². The van der Waals surface area contributed by atoms with E-state index in [4.69, 9.17) is 0 Å². The van der Waals surface area contributed by atoms with Crippen LogP contribution in [0.15, 0.2) is 60.7 Å². The number of hydrogen-bond acceptors (Lipinski definition) is 4. The van der Waals surface area contributed by atoms with Gasteiger partial charge >= 0.3 is 0 Å². The van der Waals surface area contributed by atoms with Crippen molar-refractivity contribution < 1.29 is 23.5 Å². The first-order chi connectivity index (χ1) is 16.8. The third-order valence-electron chi connectivity index (χ3n) is 6.03. The molecule has 0 radical (unpaired) electrons. The van der Waals surface area contributed by atoms with Crippen molar-refractivity contribution in [2.45, 2.75) is 25.8 Å². The molecule has 0 spiro atoms. The van der Waals surface area contributed by atoms with Crippen molar-refractivity contribution in [2.24, 2.45) is 0 Å². The average molecular weight is 480 g/mol. The van der Waals surface area contributed by atoms with E-state index in [0.29, 0.717) is 12.6 Å². The summed E-state index contributed by atoms with van der Waals surface area (Å²) in [6.07, 6.45) is 3.68. The number of amides is 2. The molecule has 1 aliphatic rings. The van der Waals surface area contributed by atoms with Gasteiger partial charge in [-0.25, -0.2) is 8.78 Å². The highest BCUT2D eigenvalue weighted by atomic mass is 19.1. The summed E-state index contributed by atoms with van der Waals surface area (Å²) in [5, 5.41) is 12.9. The van der Waals surface area contributed by atoms with Crippen molar-refractivity contribution in [1.82, 2.24) is 4.90 Å². The molecule has 3 aromatic rings. The van der Waals surface area contributed by atoms with E-state index in [9.17, 15) is 23.5 Å². The van der Waals surface area contributed by atoms with E-state index in [1.165, 1.54) is 48.0 Å². The SMILES string of the molecule is CN(Cc1ccc(N2CCCCC2)cc1)C(=O)c1ccc(NC(=O)c2cc(F)cc(F)c2)cc1O. The van der Waals surface area contributed by atoms with Crippen LogP contribution in [-0.2, 0) is 6.54 Å². The maximum Gasteiger partial charge on any atom is 0.257 e. The van der Waals surface area contributed by atoms with Crippen molar-refractivity contribution in [3.8, 4) is 5.75 Å². The molecule has 182 valence electrons. The van der Waals surface area contributed by atoms with Crippen LogP contribution < -0.4 is 10.2 Å². The van der Waals surface area contributed by atoms with Crippen LogP contribution in [0.4, 0.5) is 20.2 Å². The zero-order chi connectivity index (χ0) is 24.9. The highest BCUT2D eigenvalue weighted by molar-refractivity contribution is 6.05. The molecule has 1 saturated heterocycles. The molecular formula is C27H27F2N3O3. The van der Waals surface area contributed by atoms with Gasteiger partial charge in [0.1, 0.15) is 17.4 Å². The highest BCUT2D eigenvalue weighted by Crippen LogP contribution is 2.25. The summed E-state index contributed by atoms with van der Waals surface area (Å²) in [5.41, 5.74) is 2.20. The Labute approximate surface area is 202 Å². The number of piperidine rings is 1. The van der Waals surface area contributed by atoms with Gasteiger partial charge in [-0.05, 0) is 61.2 Å². The van der Waals surface area contributed by atoms with Crippen LogP contribution in [0.1, 0.15) is 45.5 Å². The molecule has 1 heterocycles. The minimum atomic E-state index is -0.872. The van der Waals surface area contributed by atoms with Crippen LogP contribution in [0.5, 0.6) is 5.75 Å². The molecule has 1 aliphatic heterocycles. The van der Waals surface area contributed by atoms with E-state index in [1.807, 2.05) is 12.1 Å². The molecular weight excluding hydrogens is 452 g/mol. The number of carbonyl (C=O) groups excluding carboxylic acids is 2. The average Bonchev–Trinajstić information content (AvgIpc) is 2.84. The van der Waals surface area contributed by atoms with Gasteiger partial charge in [0.15, 0.2) is 0 Å². The van der Waals surface area contributed by atoms with Gasteiger partial charge in [-0.15, -0.1) is 0 Å². The molecule has 3 aromatic carbocycles. The molecule has 8 heteroatoms. The largest absolute Gasteiger partial charge is 0.507 e. The molecule has 2 N–H and O–H groups in total. The fourth-order valence-corrected chi connectivity index (χ4v) is 4.19. The van der Waals surface area contributed by atoms with Gasteiger partial charge in [0, 0.05) is 55.8 Å². The number of halogens is 2. The van der Waals surface area contributed by atoms with Crippen molar-refractivity contribution in [3.05, 3.63) is 89.0 Å². The van der Waals surface area contributed by atoms with Crippen molar-refractivity contribution in [3.63, 3.8) is 0 Å². The Balaban J connectivity index is 1.39. The van der Waals surface area contributed by atoms with Crippen LogP contribution >= 0.6 is 0 Å². The number of rotatable bonds is 6. The fraction of sp³-hybridized carbons (Fsp3) is 0.259. The predicted octanol–water partition coefficient (Wildman–Crippen LogP) is 5.19. The zero-order valence-corrected chi connectivity index (χ0v) is 19.4. The lowest BCUT2D eigenvalue weighted by molar-refractivity contribution is 0.0782. The number of hydrogen-bond donors (Lipinski definition) is 2. The Morgan fingerprint density at radius 1 is 0.943 bits per heavy atom. The zero-order valence-electron chi connectivity index (χ0n) is 19.4. The van der Waals surface area contributed by atoms with Gasteiger partial charge in [-0.3, -0.25) is 9.59 Å². The molecule has 4 rings (SSSR count). The van der Waals surface area contributed by atoms with Crippen molar-refractivity contribution in [2.75, 3.05) is 30.4 Å². The van der Waals surface area contributed by atoms with Gasteiger partial charge in [0.05, 0.1) is 5.56 Å². The van der Waals surface area contributed by atoms with E-state index in [-0.39, 0.29) is 28.5 Å². The van der Waals surface area contributed by atoms with E-state index >= 15 is 0 Å². The first kappa shape index (κ1) is 24.2. The molecule has 0 bridgehead atoms. The number of benzene rings is 3. The monoisotopic (exact) mass is 479 g/mol. The lowest BCUT2D eigenvalue weighted by Gasteiger charge is -2.29. The van der Waals surface area contributed by atoms with Crippen molar-refractivity contribution in [1.29, 1.82) is 0 Å². The van der Waals surface area contributed by atoms with Crippen LogP contribution in [0, 0.1) is 11.6 Å². The summed E-state index contributed by atoms with van der Waals surface area (Å²) in [6, 6.07) is 14.7.